The van der Waals surface area contributed by atoms with E-state index in [0.717, 1.165) is 72.3 Å². The molecule has 4 aromatic heterocycles. The molecular weight excluding hydrogens is 464 g/mol. The smallest absolute Gasteiger partial charge is 0.225 e. The van der Waals surface area contributed by atoms with Crippen molar-refractivity contribution in [3.8, 4) is 11.1 Å². The van der Waals surface area contributed by atoms with Gasteiger partial charge in [0.25, 0.3) is 0 Å². The summed E-state index contributed by atoms with van der Waals surface area (Å²) in [7, 11) is 0. The number of nitrogens with two attached hydrogens (primary N) is 1. The maximum absolute atomic E-state index is 6.64. The minimum atomic E-state index is -0.651. The number of piperazine rings is 1. The number of aromatic nitrogens is 7. The van der Waals surface area contributed by atoms with Crippen molar-refractivity contribution in [1.82, 2.24) is 34.3 Å². The Morgan fingerprint density at radius 1 is 0.838 bits per heavy atom. The van der Waals surface area contributed by atoms with Gasteiger partial charge >= 0.3 is 0 Å². The van der Waals surface area contributed by atoms with Gasteiger partial charge in [0.05, 0.1) is 11.7 Å². The van der Waals surface area contributed by atoms with Crippen LogP contribution in [-0.4, -0.2) is 60.5 Å². The molecule has 1 aromatic carbocycles. The second-order valence-electron chi connectivity index (χ2n) is 9.54. The minimum Gasteiger partial charge on any atom is -0.351 e. The van der Waals surface area contributed by atoms with Crippen molar-refractivity contribution >= 4 is 17.3 Å². The van der Waals surface area contributed by atoms with Crippen LogP contribution in [0.25, 0.3) is 16.6 Å². The third kappa shape index (κ3) is 4.29. The predicted molar refractivity (Wildman–Crippen MR) is 143 cm³/mol. The van der Waals surface area contributed by atoms with Crippen LogP contribution in [0.2, 0.25) is 0 Å². The number of nitrogens with zero attached hydrogens (tertiary/aromatic N) is 9. The summed E-state index contributed by atoms with van der Waals surface area (Å²) in [6.45, 7) is 8.12. The largest absolute Gasteiger partial charge is 0.351 e. The molecular formula is C27H30N10. The Morgan fingerprint density at radius 3 is 2.27 bits per heavy atom. The highest BCUT2D eigenvalue weighted by Crippen LogP contribution is 2.28. The van der Waals surface area contributed by atoms with E-state index in [2.05, 4.69) is 54.1 Å². The predicted octanol–water partition coefficient (Wildman–Crippen LogP) is 2.95. The van der Waals surface area contributed by atoms with Gasteiger partial charge in [0.15, 0.2) is 5.82 Å². The van der Waals surface area contributed by atoms with Gasteiger partial charge in [-0.15, -0.1) is 0 Å². The van der Waals surface area contributed by atoms with Crippen molar-refractivity contribution < 1.29 is 0 Å². The van der Waals surface area contributed by atoms with Crippen molar-refractivity contribution in [3.05, 3.63) is 84.8 Å². The molecule has 10 nitrogen and oxygen atoms in total. The summed E-state index contributed by atoms with van der Waals surface area (Å²) >= 11 is 0. The molecule has 1 saturated heterocycles. The molecule has 0 bridgehead atoms. The maximum Gasteiger partial charge on any atom is 0.225 e. The van der Waals surface area contributed by atoms with E-state index in [4.69, 9.17) is 5.73 Å². The Morgan fingerprint density at radius 2 is 1.57 bits per heavy atom. The summed E-state index contributed by atoms with van der Waals surface area (Å²) in [5.41, 5.74) is 11.1. The molecule has 1 fully saturated rings. The summed E-state index contributed by atoms with van der Waals surface area (Å²) in [5, 5.41) is 8.83. The third-order valence-corrected chi connectivity index (χ3v) is 7.15. The second-order valence-corrected chi connectivity index (χ2v) is 9.54. The van der Waals surface area contributed by atoms with Crippen LogP contribution in [0.15, 0.2) is 73.7 Å². The molecule has 0 spiro atoms. The quantitative estimate of drug-likeness (QED) is 0.384. The highest BCUT2D eigenvalue weighted by Gasteiger charge is 2.26. The Labute approximate surface area is 215 Å². The van der Waals surface area contributed by atoms with E-state index in [0.29, 0.717) is 0 Å². The highest BCUT2D eigenvalue weighted by molar-refractivity contribution is 5.77. The van der Waals surface area contributed by atoms with Crippen LogP contribution in [-0.2, 0) is 12.1 Å². The van der Waals surface area contributed by atoms with E-state index >= 15 is 0 Å². The zero-order chi connectivity index (χ0) is 25.4. The van der Waals surface area contributed by atoms with Crippen molar-refractivity contribution in [2.45, 2.75) is 25.9 Å². The fourth-order valence-electron chi connectivity index (χ4n) is 4.83. The zero-order valence-corrected chi connectivity index (χ0v) is 21.1. The lowest BCUT2D eigenvalue weighted by Crippen LogP contribution is -2.47. The molecule has 1 unspecified atom stereocenters. The fraction of sp³-hybridized carbons (Fsp3) is 0.296. The molecule has 188 valence electrons. The lowest BCUT2D eigenvalue weighted by Gasteiger charge is -2.35. The molecule has 5 aromatic rings. The van der Waals surface area contributed by atoms with Gasteiger partial charge in [-0.05, 0) is 25.5 Å². The summed E-state index contributed by atoms with van der Waals surface area (Å²) in [4.78, 5) is 18.5. The molecule has 37 heavy (non-hydrogen) atoms. The first-order valence-corrected chi connectivity index (χ1v) is 12.6. The summed E-state index contributed by atoms with van der Waals surface area (Å²) in [6.07, 6.45) is 11.3. The van der Waals surface area contributed by atoms with Crippen molar-refractivity contribution in [2.75, 3.05) is 36.0 Å². The zero-order valence-electron chi connectivity index (χ0n) is 21.1. The SMILES string of the molecule is CCn1cc(-c2cc3c(N4CCN(c5ncc(C(C)(N)c6ccccc6)cn5)CC4)ncnn3c2)cn1. The number of benzene rings is 1. The van der Waals surface area contributed by atoms with Crippen LogP contribution >= 0.6 is 0 Å². The van der Waals surface area contributed by atoms with Crippen LogP contribution in [0.5, 0.6) is 0 Å². The van der Waals surface area contributed by atoms with Crippen molar-refractivity contribution in [1.29, 1.82) is 0 Å². The first kappa shape index (κ1) is 23.1. The van der Waals surface area contributed by atoms with Crippen LogP contribution in [0.4, 0.5) is 11.8 Å². The van der Waals surface area contributed by atoms with Gasteiger partial charge in [-0.25, -0.2) is 19.5 Å². The average molecular weight is 495 g/mol. The molecule has 0 radical (unpaired) electrons. The van der Waals surface area contributed by atoms with Crippen LogP contribution in [0.3, 0.4) is 0 Å². The monoisotopic (exact) mass is 494 g/mol. The molecule has 6 rings (SSSR count). The minimum absolute atomic E-state index is 0.651. The van der Waals surface area contributed by atoms with E-state index < -0.39 is 5.54 Å². The first-order valence-electron chi connectivity index (χ1n) is 12.6. The third-order valence-electron chi connectivity index (χ3n) is 7.15. The van der Waals surface area contributed by atoms with E-state index in [-0.39, 0.29) is 0 Å². The van der Waals surface area contributed by atoms with Gasteiger partial charge in [0.2, 0.25) is 5.95 Å². The van der Waals surface area contributed by atoms with Crippen LogP contribution in [0.1, 0.15) is 25.0 Å². The molecule has 5 heterocycles. The lowest BCUT2D eigenvalue weighted by atomic mass is 9.87. The topological polar surface area (TPSA) is 106 Å². The Hall–Kier alpha value is -4.31. The first-order chi connectivity index (χ1) is 18.0. The van der Waals surface area contributed by atoms with Gasteiger partial charge in [0.1, 0.15) is 11.8 Å². The normalized spacial score (nSPS) is 15.8. The summed E-state index contributed by atoms with van der Waals surface area (Å²) < 4.78 is 3.82. The second kappa shape index (κ2) is 9.29. The van der Waals surface area contributed by atoms with Gasteiger partial charge in [-0.1, -0.05) is 30.3 Å². The van der Waals surface area contributed by atoms with E-state index in [1.807, 2.05) is 71.2 Å². The van der Waals surface area contributed by atoms with Gasteiger partial charge in [0, 0.05) is 74.2 Å². The number of aryl methyl sites for hydroxylation is 1. The molecule has 0 amide bonds. The van der Waals surface area contributed by atoms with Crippen molar-refractivity contribution in [3.63, 3.8) is 0 Å². The van der Waals surface area contributed by atoms with E-state index in [9.17, 15) is 0 Å². The van der Waals surface area contributed by atoms with E-state index in [1.54, 1.807) is 6.33 Å². The van der Waals surface area contributed by atoms with E-state index in [1.165, 1.54) is 0 Å². The number of hydrogen-bond donors (Lipinski definition) is 1. The fourth-order valence-corrected chi connectivity index (χ4v) is 4.83. The molecule has 1 aliphatic rings. The number of fused-ring (bicyclic) bond motifs is 1. The van der Waals surface area contributed by atoms with Gasteiger partial charge in [-0.2, -0.15) is 10.2 Å². The molecule has 1 atom stereocenters. The number of anilines is 2. The summed E-state index contributed by atoms with van der Waals surface area (Å²) in [6, 6.07) is 12.2. The molecule has 0 aliphatic carbocycles. The van der Waals surface area contributed by atoms with Crippen LogP contribution in [0, 0.1) is 0 Å². The number of hydrogen-bond acceptors (Lipinski definition) is 8. The van der Waals surface area contributed by atoms with Gasteiger partial charge < -0.3 is 15.5 Å². The highest BCUT2D eigenvalue weighted by atomic mass is 15.4. The Balaban J connectivity index is 1.17. The molecule has 2 N–H and O–H groups in total. The van der Waals surface area contributed by atoms with Gasteiger partial charge in [-0.3, -0.25) is 4.68 Å². The summed E-state index contributed by atoms with van der Waals surface area (Å²) in [5.74, 6) is 1.65. The molecule has 10 heteroatoms. The Kier molecular flexibility index (Phi) is 5.80. The number of rotatable bonds is 6. The lowest BCUT2D eigenvalue weighted by molar-refractivity contribution is 0.592. The molecule has 0 saturated carbocycles. The Bertz CT molecular complexity index is 1500. The molecule has 1 aliphatic heterocycles. The van der Waals surface area contributed by atoms with Crippen molar-refractivity contribution in [2.24, 2.45) is 5.73 Å². The maximum atomic E-state index is 6.64. The van der Waals surface area contributed by atoms with Crippen LogP contribution < -0.4 is 15.5 Å². The standard InChI is InChI=1S/C27H30N10/c1-3-36-17-21(14-32-36)20-13-24-25(31-19-33-37(24)18-20)34-9-11-35(12-10-34)26-29-15-23(16-30-26)27(2,28)22-7-5-4-6-8-22/h4-8,13-19H,3,9-12,28H2,1-2H3. The average Bonchev–Trinajstić information content (AvgIpc) is 3.61.